The molecule has 0 saturated heterocycles. The van der Waals surface area contributed by atoms with Gasteiger partial charge in [0.15, 0.2) is 0 Å². The van der Waals surface area contributed by atoms with Crippen LogP contribution in [-0.4, -0.2) is 22.4 Å². The van der Waals surface area contributed by atoms with Crippen LogP contribution in [0.25, 0.3) is 0 Å². The summed E-state index contributed by atoms with van der Waals surface area (Å²) in [7, 11) is 1.79. The highest BCUT2D eigenvalue weighted by atomic mass is 16.6. The highest BCUT2D eigenvalue weighted by molar-refractivity contribution is 5.50. The van der Waals surface area contributed by atoms with Crippen LogP contribution < -0.4 is 5.01 Å². The number of hydrogen-bond acceptors (Lipinski definition) is 4. The summed E-state index contributed by atoms with van der Waals surface area (Å²) in [6, 6.07) is 3.85. The van der Waals surface area contributed by atoms with Gasteiger partial charge in [0, 0.05) is 18.8 Å². The molecule has 12 heavy (non-hydrogen) atoms. The van der Waals surface area contributed by atoms with Crippen LogP contribution in [0, 0.1) is 0 Å². The van der Waals surface area contributed by atoms with Crippen molar-refractivity contribution in [1.29, 1.82) is 0 Å². The van der Waals surface area contributed by atoms with Crippen molar-refractivity contribution >= 4 is 5.82 Å². The van der Waals surface area contributed by atoms with E-state index in [1.807, 2.05) is 19.1 Å². The predicted octanol–water partition coefficient (Wildman–Crippen LogP) is 1.20. The first kappa shape index (κ1) is 7.52. The molecule has 0 spiro atoms. The summed E-state index contributed by atoms with van der Waals surface area (Å²) >= 11 is 0. The fourth-order valence-corrected chi connectivity index (χ4v) is 1.49. The van der Waals surface area contributed by atoms with Crippen molar-refractivity contribution in [3.8, 4) is 0 Å². The molecule has 0 fully saturated rings. The van der Waals surface area contributed by atoms with Crippen molar-refractivity contribution in [3.05, 3.63) is 23.9 Å². The SMILES string of the molecule is CC1c2cccnc2N(C)N1O. The fourth-order valence-electron chi connectivity index (χ4n) is 1.49. The van der Waals surface area contributed by atoms with Crippen LogP contribution in [0.5, 0.6) is 0 Å². The molecule has 0 saturated carbocycles. The van der Waals surface area contributed by atoms with Crippen LogP contribution in [0.3, 0.4) is 0 Å². The number of fused-ring (bicyclic) bond motifs is 1. The van der Waals surface area contributed by atoms with Gasteiger partial charge in [0.2, 0.25) is 0 Å². The molecule has 1 aromatic heterocycles. The highest BCUT2D eigenvalue weighted by Gasteiger charge is 2.30. The van der Waals surface area contributed by atoms with E-state index in [0.717, 1.165) is 11.4 Å². The fraction of sp³-hybridized carbons (Fsp3) is 0.375. The van der Waals surface area contributed by atoms with E-state index in [1.54, 1.807) is 18.3 Å². The van der Waals surface area contributed by atoms with Crippen LogP contribution >= 0.6 is 0 Å². The Labute approximate surface area is 71.0 Å². The number of rotatable bonds is 0. The Morgan fingerprint density at radius 1 is 1.58 bits per heavy atom. The maximum atomic E-state index is 9.51. The molecule has 0 bridgehead atoms. The van der Waals surface area contributed by atoms with Gasteiger partial charge in [-0.1, -0.05) is 11.2 Å². The Morgan fingerprint density at radius 3 is 3.00 bits per heavy atom. The average molecular weight is 165 g/mol. The largest absolute Gasteiger partial charge is 0.294 e. The van der Waals surface area contributed by atoms with E-state index in [-0.39, 0.29) is 6.04 Å². The number of hydrazine groups is 1. The minimum atomic E-state index is -0.00120. The summed E-state index contributed by atoms with van der Waals surface area (Å²) in [5, 5.41) is 12.3. The number of aromatic nitrogens is 1. The molecule has 1 aromatic rings. The maximum absolute atomic E-state index is 9.51. The molecule has 1 aliphatic heterocycles. The smallest absolute Gasteiger partial charge is 0.149 e. The van der Waals surface area contributed by atoms with Crippen molar-refractivity contribution in [2.75, 3.05) is 12.1 Å². The molecule has 0 radical (unpaired) electrons. The van der Waals surface area contributed by atoms with E-state index in [2.05, 4.69) is 4.98 Å². The minimum absolute atomic E-state index is 0.00120. The highest BCUT2D eigenvalue weighted by Crippen LogP contribution is 2.34. The third-order valence-corrected chi connectivity index (χ3v) is 2.23. The van der Waals surface area contributed by atoms with Gasteiger partial charge in [-0.15, -0.1) is 0 Å². The molecule has 2 heterocycles. The second-order valence-corrected chi connectivity index (χ2v) is 2.94. The second-order valence-electron chi connectivity index (χ2n) is 2.94. The lowest BCUT2D eigenvalue weighted by molar-refractivity contribution is -0.120. The summed E-state index contributed by atoms with van der Waals surface area (Å²) in [5.41, 5.74) is 1.06. The zero-order chi connectivity index (χ0) is 8.72. The second kappa shape index (κ2) is 2.43. The molecule has 2 rings (SSSR count). The summed E-state index contributed by atoms with van der Waals surface area (Å²) in [4.78, 5) is 4.17. The van der Waals surface area contributed by atoms with Crippen molar-refractivity contribution in [3.63, 3.8) is 0 Å². The Balaban J connectivity index is 2.52. The van der Waals surface area contributed by atoms with Crippen LogP contribution in [0.15, 0.2) is 18.3 Å². The van der Waals surface area contributed by atoms with Crippen LogP contribution in [0.2, 0.25) is 0 Å². The Hall–Kier alpha value is -1.13. The van der Waals surface area contributed by atoms with Gasteiger partial charge in [0.1, 0.15) is 5.82 Å². The number of nitrogens with zero attached hydrogens (tertiary/aromatic N) is 3. The van der Waals surface area contributed by atoms with Crippen molar-refractivity contribution in [2.45, 2.75) is 13.0 Å². The summed E-state index contributed by atoms with van der Waals surface area (Å²) in [5.74, 6) is 0.826. The van der Waals surface area contributed by atoms with Crippen LogP contribution in [0.4, 0.5) is 5.82 Å². The van der Waals surface area contributed by atoms with E-state index in [0.29, 0.717) is 0 Å². The lowest BCUT2D eigenvalue weighted by atomic mass is 10.1. The average Bonchev–Trinajstić information content (AvgIpc) is 2.33. The first-order valence-electron chi connectivity index (χ1n) is 3.88. The van der Waals surface area contributed by atoms with Crippen molar-refractivity contribution < 1.29 is 5.21 Å². The quantitative estimate of drug-likeness (QED) is 0.627. The van der Waals surface area contributed by atoms with Crippen molar-refractivity contribution in [1.82, 2.24) is 10.2 Å². The van der Waals surface area contributed by atoms with E-state index >= 15 is 0 Å². The Kier molecular flexibility index (Phi) is 1.52. The molecule has 64 valence electrons. The van der Waals surface area contributed by atoms with Gasteiger partial charge in [-0.3, -0.25) is 10.2 Å². The molecular formula is C8H11N3O. The first-order chi connectivity index (χ1) is 5.72. The molecule has 1 atom stereocenters. The summed E-state index contributed by atoms with van der Waals surface area (Å²) in [6.07, 6.45) is 1.72. The molecule has 0 aromatic carbocycles. The van der Waals surface area contributed by atoms with Gasteiger partial charge in [-0.05, 0) is 13.0 Å². The number of pyridine rings is 1. The van der Waals surface area contributed by atoms with E-state index < -0.39 is 0 Å². The summed E-state index contributed by atoms with van der Waals surface area (Å²) < 4.78 is 0. The molecule has 4 nitrogen and oxygen atoms in total. The molecule has 1 aliphatic rings. The Bertz CT molecular complexity index is 273. The molecule has 1 unspecified atom stereocenters. The van der Waals surface area contributed by atoms with E-state index in [9.17, 15) is 5.21 Å². The number of hydrogen-bond donors (Lipinski definition) is 1. The lowest BCUT2D eigenvalue weighted by Crippen LogP contribution is -2.32. The van der Waals surface area contributed by atoms with E-state index in [1.165, 1.54) is 5.17 Å². The van der Waals surface area contributed by atoms with Gasteiger partial charge in [-0.25, -0.2) is 4.98 Å². The van der Waals surface area contributed by atoms with Gasteiger partial charge in [0.25, 0.3) is 0 Å². The van der Waals surface area contributed by atoms with E-state index in [4.69, 9.17) is 0 Å². The van der Waals surface area contributed by atoms with Gasteiger partial charge in [-0.2, -0.15) is 0 Å². The normalized spacial score (nSPS) is 22.9. The third-order valence-electron chi connectivity index (χ3n) is 2.23. The van der Waals surface area contributed by atoms with Crippen LogP contribution in [-0.2, 0) is 0 Å². The maximum Gasteiger partial charge on any atom is 0.149 e. The number of hydroxylamine groups is 1. The van der Waals surface area contributed by atoms with Gasteiger partial charge < -0.3 is 0 Å². The molecule has 0 amide bonds. The first-order valence-corrected chi connectivity index (χ1v) is 3.88. The topological polar surface area (TPSA) is 39.6 Å². The standard InChI is InChI=1S/C8H11N3O/c1-6-7-4-3-5-9-8(7)10(2)11(6)12/h3-6,12H,1-2H3. The van der Waals surface area contributed by atoms with Gasteiger partial charge >= 0.3 is 0 Å². The zero-order valence-corrected chi connectivity index (χ0v) is 7.10. The van der Waals surface area contributed by atoms with Gasteiger partial charge in [0.05, 0.1) is 6.04 Å². The number of anilines is 1. The minimum Gasteiger partial charge on any atom is -0.294 e. The third kappa shape index (κ3) is 0.821. The van der Waals surface area contributed by atoms with Crippen molar-refractivity contribution in [2.24, 2.45) is 0 Å². The molecule has 0 aliphatic carbocycles. The zero-order valence-electron chi connectivity index (χ0n) is 7.10. The Morgan fingerprint density at radius 2 is 2.33 bits per heavy atom. The summed E-state index contributed by atoms with van der Waals surface area (Å²) in [6.45, 7) is 1.93. The molecule has 4 heteroatoms. The molecular weight excluding hydrogens is 154 g/mol. The lowest BCUT2D eigenvalue weighted by Gasteiger charge is -2.20. The predicted molar refractivity (Wildman–Crippen MR) is 44.7 cm³/mol. The monoisotopic (exact) mass is 165 g/mol. The molecule has 1 N–H and O–H groups in total. The van der Waals surface area contributed by atoms with Crippen LogP contribution in [0.1, 0.15) is 18.5 Å².